The summed E-state index contributed by atoms with van der Waals surface area (Å²) < 4.78 is 10.1. The van der Waals surface area contributed by atoms with Crippen LogP contribution in [0.2, 0.25) is 0 Å². The van der Waals surface area contributed by atoms with E-state index in [-0.39, 0.29) is 11.7 Å². The number of benzene rings is 1. The van der Waals surface area contributed by atoms with Crippen LogP contribution in [0.15, 0.2) is 12.1 Å². The van der Waals surface area contributed by atoms with Crippen molar-refractivity contribution >= 4 is 17.3 Å². The Balaban J connectivity index is 1.99. The van der Waals surface area contributed by atoms with E-state index in [1.807, 2.05) is 13.1 Å². The summed E-state index contributed by atoms with van der Waals surface area (Å²) in [6.07, 6.45) is 3.21. The number of methoxy groups -OCH3 is 2. The van der Waals surface area contributed by atoms with Crippen LogP contribution < -0.4 is 20.7 Å². The van der Waals surface area contributed by atoms with Gasteiger partial charge < -0.3 is 25.4 Å². The molecule has 1 unspecified atom stereocenters. The van der Waals surface area contributed by atoms with E-state index in [1.165, 1.54) is 7.11 Å². The number of hydrogen-bond donors (Lipinski definition) is 2. The smallest absolute Gasteiger partial charge is 0.341 e. The molecule has 0 aromatic heterocycles. The van der Waals surface area contributed by atoms with E-state index in [9.17, 15) is 4.79 Å². The molecule has 1 heterocycles. The standard InChI is InChI=1S/C15H21N3O3/c1-18-11-7-9(13(19)21-3)12(20-2)8-10(11)17-14(18)15(16)5-4-6-15/h7-8,14,17H,4-6,16H2,1-3H3. The number of likely N-dealkylation sites (N-methyl/N-ethyl adjacent to an activating group) is 1. The predicted octanol–water partition coefficient (Wildman–Crippen LogP) is 1.55. The third-order valence-corrected chi connectivity index (χ3v) is 4.61. The first-order valence-corrected chi connectivity index (χ1v) is 7.09. The lowest BCUT2D eigenvalue weighted by Crippen LogP contribution is -2.63. The minimum atomic E-state index is -0.405. The van der Waals surface area contributed by atoms with Crippen LogP contribution in [0.1, 0.15) is 29.6 Å². The van der Waals surface area contributed by atoms with Crippen molar-refractivity contribution in [3.05, 3.63) is 17.7 Å². The lowest BCUT2D eigenvalue weighted by Gasteiger charge is -2.45. The van der Waals surface area contributed by atoms with E-state index in [2.05, 4.69) is 10.2 Å². The van der Waals surface area contributed by atoms with Crippen LogP contribution in [0.25, 0.3) is 0 Å². The van der Waals surface area contributed by atoms with Crippen LogP contribution in [-0.2, 0) is 4.74 Å². The maximum Gasteiger partial charge on any atom is 0.341 e. The van der Waals surface area contributed by atoms with Gasteiger partial charge in [0.1, 0.15) is 17.5 Å². The fourth-order valence-electron chi connectivity index (χ4n) is 3.19. The van der Waals surface area contributed by atoms with Gasteiger partial charge in [-0.1, -0.05) is 0 Å². The Labute approximate surface area is 124 Å². The largest absolute Gasteiger partial charge is 0.496 e. The number of nitrogens with two attached hydrogens (primary N) is 1. The number of esters is 1. The van der Waals surface area contributed by atoms with Gasteiger partial charge in [-0.25, -0.2) is 4.79 Å². The van der Waals surface area contributed by atoms with Gasteiger partial charge in [-0.2, -0.15) is 0 Å². The Kier molecular flexibility index (Phi) is 3.20. The number of hydrogen-bond acceptors (Lipinski definition) is 6. The molecule has 114 valence electrons. The van der Waals surface area contributed by atoms with Gasteiger partial charge in [0.05, 0.1) is 31.1 Å². The molecule has 0 amide bonds. The van der Waals surface area contributed by atoms with Gasteiger partial charge >= 0.3 is 5.97 Å². The van der Waals surface area contributed by atoms with Crippen molar-refractivity contribution in [2.24, 2.45) is 5.73 Å². The highest BCUT2D eigenvalue weighted by molar-refractivity contribution is 5.96. The second-order valence-corrected chi connectivity index (χ2v) is 5.81. The zero-order valence-corrected chi connectivity index (χ0v) is 12.6. The van der Waals surface area contributed by atoms with Crippen LogP contribution in [0.5, 0.6) is 5.75 Å². The quantitative estimate of drug-likeness (QED) is 0.823. The van der Waals surface area contributed by atoms with Crippen LogP contribution in [0.3, 0.4) is 0 Å². The summed E-state index contributed by atoms with van der Waals surface area (Å²) in [5, 5.41) is 3.45. The number of carbonyl (C=O) groups is 1. The lowest BCUT2D eigenvalue weighted by molar-refractivity contribution is 0.0597. The summed E-state index contributed by atoms with van der Waals surface area (Å²) in [5.41, 5.74) is 8.53. The monoisotopic (exact) mass is 291 g/mol. The molecule has 0 spiro atoms. The van der Waals surface area contributed by atoms with Crippen molar-refractivity contribution in [2.45, 2.75) is 31.0 Å². The molecule has 1 aliphatic heterocycles. The highest BCUT2D eigenvalue weighted by Gasteiger charge is 2.46. The maximum absolute atomic E-state index is 11.9. The molecule has 1 aromatic carbocycles. The molecule has 0 radical (unpaired) electrons. The second kappa shape index (κ2) is 4.80. The Morgan fingerprint density at radius 2 is 2.14 bits per heavy atom. The molecule has 1 saturated carbocycles. The normalized spacial score (nSPS) is 22.1. The van der Waals surface area contributed by atoms with E-state index in [1.54, 1.807) is 13.2 Å². The predicted molar refractivity (Wildman–Crippen MR) is 80.9 cm³/mol. The Morgan fingerprint density at radius 3 is 2.67 bits per heavy atom. The van der Waals surface area contributed by atoms with Gasteiger partial charge in [0.25, 0.3) is 0 Å². The Bertz CT molecular complexity index is 584. The molecule has 1 aliphatic carbocycles. The third kappa shape index (κ3) is 2.01. The molecule has 1 aromatic rings. The molecule has 1 atom stereocenters. The van der Waals surface area contributed by atoms with E-state index in [4.69, 9.17) is 15.2 Å². The first kappa shape index (κ1) is 14.0. The number of nitrogens with zero attached hydrogens (tertiary/aromatic N) is 1. The summed E-state index contributed by atoms with van der Waals surface area (Å²) in [4.78, 5) is 14.0. The molecule has 21 heavy (non-hydrogen) atoms. The number of nitrogens with one attached hydrogen (secondary N) is 1. The van der Waals surface area contributed by atoms with Gasteiger partial charge in [0.2, 0.25) is 0 Å². The fourth-order valence-corrected chi connectivity index (χ4v) is 3.19. The molecule has 3 N–H and O–H groups in total. The summed E-state index contributed by atoms with van der Waals surface area (Å²) in [6.45, 7) is 0. The fraction of sp³-hybridized carbons (Fsp3) is 0.533. The average molecular weight is 291 g/mol. The van der Waals surface area contributed by atoms with Crippen molar-refractivity contribution in [3.8, 4) is 5.75 Å². The van der Waals surface area contributed by atoms with Crippen LogP contribution in [-0.4, -0.2) is 38.9 Å². The molecule has 0 bridgehead atoms. The number of carbonyl (C=O) groups excluding carboxylic acids is 1. The third-order valence-electron chi connectivity index (χ3n) is 4.61. The highest BCUT2D eigenvalue weighted by Crippen LogP contribution is 2.45. The molecule has 2 aliphatic rings. The van der Waals surface area contributed by atoms with Crippen molar-refractivity contribution < 1.29 is 14.3 Å². The lowest BCUT2D eigenvalue weighted by atomic mass is 9.75. The summed E-state index contributed by atoms with van der Waals surface area (Å²) >= 11 is 0. The minimum Gasteiger partial charge on any atom is -0.496 e. The maximum atomic E-state index is 11.9. The van der Waals surface area contributed by atoms with Gasteiger partial charge in [-0.15, -0.1) is 0 Å². The van der Waals surface area contributed by atoms with E-state index in [0.29, 0.717) is 11.3 Å². The molecular formula is C15H21N3O3. The number of anilines is 2. The summed E-state index contributed by atoms with van der Waals surface area (Å²) in [5.74, 6) is 0.0967. The Morgan fingerprint density at radius 1 is 1.43 bits per heavy atom. The molecule has 6 nitrogen and oxygen atoms in total. The molecule has 1 fully saturated rings. The highest BCUT2D eigenvalue weighted by atomic mass is 16.5. The van der Waals surface area contributed by atoms with E-state index in [0.717, 1.165) is 30.6 Å². The Hall–Kier alpha value is -1.95. The van der Waals surface area contributed by atoms with Crippen molar-refractivity contribution in [1.29, 1.82) is 0 Å². The van der Waals surface area contributed by atoms with Crippen molar-refractivity contribution in [3.63, 3.8) is 0 Å². The molecule has 0 saturated heterocycles. The molecule has 6 heteroatoms. The first-order valence-electron chi connectivity index (χ1n) is 7.09. The van der Waals surface area contributed by atoms with Crippen LogP contribution >= 0.6 is 0 Å². The van der Waals surface area contributed by atoms with Gasteiger partial charge in [-0.05, 0) is 25.3 Å². The minimum absolute atomic E-state index is 0.0406. The number of rotatable bonds is 3. The average Bonchev–Trinajstić information content (AvgIpc) is 2.79. The van der Waals surface area contributed by atoms with Gasteiger partial charge in [0, 0.05) is 13.1 Å². The van der Waals surface area contributed by atoms with E-state index >= 15 is 0 Å². The topological polar surface area (TPSA) is 76.8 Å². The summed E-state index contributed by atoms with van der Waals surface area (Å²) in [6, 6.07) is 3.63. The first-order chi connectivity index (χ1) is 10.00. The van der Waals surface area contributed by atoms with E-state index < -0.39 is 5.97 Å². The van der Waals surface area contributed by atoms with Crippen LogP contribution in [0.4, 0.5) is 11.4 Å². The number of ether oxygens (including phenoxy) is 2. The molecular weight excluding hydrogens is 270 g/mol. The van der Waals surface area contributed by atoms with Gasteiger partial charge in [-0.3, -0.25) is 0 Å². The zero-order chi connectivity index (χ0) is 15.2. The zero-order valence-electron chi connectivity index (χ0n) is 12.6. The van der Waals surface area contributed by atoms with Gasteiger partial charge in [0.15, 0.2) is 0 Å². The van der Waals surface area contributed by atoms with Crippen molar-refractivity contribution in [1.82, 2.24) is 0 Å². The SMILES string of the molecule is COC(=O)c1cc2c(cc1OC)NC(C1(N)CCC1)N2C. The molecule has 3 rings (SSSR count). The second-order valence-electron chi connectivity index (χ2n) is 5.81. The summed E-state index contributed by atoms with van der Waals surface area (Å²) in [7, 11) is 4.90. The van der Waals surface area contributed by atoms with Crippen LogP contribution in [0, 0.1) is 0 Å². The van der Waals surface area contributed by atoms with Crippen molar-refractivity contribution in [2.75, 3.05) is 31.5 Å². The number of fused-ring (bicyclic) bond motifs is 1.